The third kappa shape index (κ3) is 5.08. The first-order valence-electron chi connectivity index (χ1n) is 5.90. The molecule has 0 bridgehead atoms. The van der Waals surface area contributed by atoms with Crippen molar-refractivity contribution >= 4 is 0 Å². The lowest BCUT2D eigenvalue weighted by Gasteiger charge is -2.15. The summed E-state index contributed by atoms with van der Waals surface area (Å²) in [6.45, 7) is 3.94. The highest BCUT2D eigenvalue weighted by Gasteiger charge is 2.11. The predicted molar refractivity (Wildman–Crippen MR) is 65.5 cm³/mol. The Bertz CT molecular complexity index is 361. The average Bonchev–Trinajstić information content (AvgIpc) is 2.36. The second kappa shape index (κ2) is 8.13. The van der Waals surface area contributed by atoms with Crippen LogP contribution < -0.4 is 5.32 Å². The molecule has 1 rings (SSSR count). The van der Waals surface area contributed by atoms with E-state index in [9.17, 15) is 8.78 Å². The molecule has 1 N–H and O–H groups in total. The first-order chi connectivity index (χ1) is 8.65. The Morgan fingerprint density at radius 2 is 2.00 bits per heavy atom. The van der Waals surface area contributed by atoms with Crippen LogP contribution in [0.5, 0.6) is 0 Å². The Labute approximate surface area is 106 Å². The summed E-state index contributed by atoms with van der Waals surface area (Å²) in [5.74, 6) is -0.840. The van der Waals surface area contributed by atoms with Gasteiger partial charge in [0, 0.05) is 25.3 Å². The van der Waals surface area contributed by atoms with Crippen LogP contribution in [0.15, 0.2) is 18.2 Å². The topological polar surface area (TPSA) is 30.5 Å². The molecule has 18 heavy (non-hydrogen) atoms. The zero-order chi connectivity index (χ0) is 13.4. The molecular weight excluding hydrogens is 240 g/mol. The summed E-state index contributed by atoms with van der Waals surface area (Å²) in [6, 6.07) is 3.20. The number of nitrogens with one attached hydrogen (secondary N) is 1. The zero-order valence-electron chi connectivity index (χ0n) is 10.7. The van der Waals surface area contributed by atoms with Gasteiger partial charge in [0.1, 0.15) is 11.6 Å². The van der Waals surface area contributed by atoms with Gasteiger partial charge in [0.05, 0.1) is 19.8 Å². The fourth-order valence-electron chi connectivity index (χ4n) is 1.55. The maximum Gasteiger partial charge on any atom is 0.128 e. The molecule has 5 heteroatoms. The molecule has 1 aromatic carbocycles. The molecule has 0 spiro atoms. The summed E-state index contributed by atoms with van der Waals surface area (Å²) in [5, 5.41) is 3.07. The SMILES string of the molecule is COCCOCCNC(C)c1cc(F)ccc1F. The lowest BCUT2D eigenvalue weighted by molar-refractivity contribution is 0.0712. The quantitative estimate of drug-likeness (QED) is 0.726. The summed E-state index contributed by atoms with van der Waals surface area (Å²) in [5.41, 5.74) is 0.326. The standard InChI is InChI=1S/C13H19F2NO2/c1-10(16-5-6-18-8-7-17-2)12-9-11(14)3-4-13(12)15/h3-4,9-10,16H,5-8H2,1-2H3. The Hall–Kier alpha value is -1.04. The normalized spacial score (nSPS) is 12.7. The number of halogens is 2. The maximum atomic E-state index is 13.4. The van der Waals surface area contributed by atoms with Crippen molar-refractivity contribution in [2.75, 3.05) is 33.5 Å². The van der Waals surface area contributed by atoms with Gasteiger partial charge in [-0.2, -0.15) is 0 Å². The van der Waals surface area contributed by atoms with Crippen molar-refractivity contribution in [2.24, 2.45) is 0 Å². The average molecular weight is 259 g/mol. The van der Waals surface area contributed by atoms with Crippen molar-refractivity contribution in [1.29, 1.82) is 0 Å². The molecule has 0 amide bonds. The summed E-state index contributed by atoms with van der Waals surface area (Å²) >= 11 is 0. The molecular formula is C13H19F2NO2. The highest BCUT2D eigenvalue weighted by molar-refractivity contribution is 5.21. The van der Waals surface area contributed by atoms with Gasteiger partial charge in [-0.1, -0.05) is 0 Å². The minimum Gasteiger partial charge on any atom is -0.382 e. The van der Waals surface area contributed by atoms with E-state index in [1.165, 1.54) is 6.07 Å². The van der Waals surface area contributed by atoms with Crippen LogP contribution in [0, 0.1) is 11.6 Å². The Morgan fingerprint density at radius 3 is 2.72 bits per heavy atom. The number of hydrogen-bond acceptors (Lipinski definition) is 3. The first kappa shape index (κ1) is 15.0. The van der Waals surface area contributed by atoms with Crippen LogP contribution in [0.25, 0.3) is 0 Å². The predicted octanol–water partition coefficient (Wildman–Crippen LogP) is 2.28. The van der Waals surface area contributed by atoms with Gasteiger partial charge in [-0.3, -0.25) is 0 Å². The highest BCUT2D eigenvalue weighted by atomic mass is 19.1. The lowest BCUT2D eigenvalue weighted by atomic mass is 10.1. The zero-order valence-corrected chi connectivity index (χ0v) is 10.7. The molecule has 0 aromatic heterocycles. The monoisotopic (exact) mass is 259 g/mol. The van der Waals surface area contributed by atoms with Gasteiger partial charge in [0.15, 0.2) is 0 Å². The van der Waals surface area contributed by atoms with Gasteiger partial charge in [0.2, 0.25) is 0 Å². The van der Waals surface area contributed by atoms with E-state index in [1.54, 1.807) is 14.0 Å². The van der Waals surface area contributed by atoms with E-state index in [0.717, 1.165) is 12.1 Å². The molecule has 0 saturated heterocycles. The fraction of sp³-hybridized carbons (Fsp3) is 0.538. The van der Waals surface area contributed by atoms with E-state index in [4.69, 9.17) is 9.47 Å². The summed E-state index contributed by atoms with van der Waals surface area (Å²) in [6.07, 6.45) is 0. The summed E-state index contributed by atoms with van der Waals surface area (Å²) in [7, 11) is 1.61. The third-order valence-corrected chi connectivity index (χ3v) is 2.55. The van der Waals surface area contributed by atoms with Crippen LogP contribution in [0.3, 0.4) is 0 Å². The molecule has 1 unspecified atom stereocenters. The molecule has 0 saturated carbocycles. The third-order valence-electron chi connectivity index (χ3n) is 2.55. The first-order valence-corrected chi connectivity index (χ1v) is 5.90. The molecule has 0 heterocycles. The van der Waals surface area contributed by atoms with Crippen LogP contribution in [0.2, 0.25) is 0 Å². The lowest BCUT2D eigenvalue weighted by Crippen LogP contribution is -2.24. The number of ether oxygens (including phenoxy) is 2. The number of rotatable bonds is 8. The van der Waals surface area contributed by atoms with Crippen LogP contribution in [-0.2, 0) is 9.47 Å². The van der Waals surface area contributed by atoms with Gasteiger partial charge >= 0.3 is 0 Å². The largest absolute Gasteiger partial charge is 0.382 e. The van der Waals surface area contributed by atoms with E-state index in [1.807, 2.05) is 0 Å². The smallest absolute Gasteiger partial charge is 0.128 e. The molecule has 0 radical (unpaired) electrons. The maximum absolute atomic E-state index is 13.4. The minimum absolute atomic E-state index is 0.258. The van der Waals surface area contributed by atoms with E-state index in [0.29, 0.717) is 31.9 Å². The molecule has 0 aliphatic heterocycles. The van der Waals surface area contributed by atoms with Gasteiger partial charge in [-0.25, -0.2) is 8.78 Å². The molecule has 0 aliphatic carbocycles. The van der Waals surface area contributed by atoms with Crippen LogP contribution in [-0.4, -0.2) is 33.5 Å². The van der Waals surface area contributed by atoms with Gasteiger partial charge in [-0.05, 0) is 25.1 Å². The van der Waals surface area contributed by atoms with Crippen LogP contribution in [0.1, 0.15) is 18.5 Å². The minimum atomic E-state index is -0.434. The molecule has 1 aromatic rings. The van der Waals surface area contributed by atoms with Crippen LogP contribution in [0.4, 0.5) is 8.78 Å². The number of hydrogen-bond donors (Lipinski definition) is 1. The summed E-state index contributed by atoms with van der Waals surface area (Å²) in [4.78, 5) is 0. The van der Waals surface area contributed by atoms with E-state index < -0.39 is 11.6 Å². The molecule has 3 nitrogen and oxygen atoms in total. The Kier molecular flexibility index (Phi) is 6.78. The van der Waals surface area contributed by atoms with Crippen LogP contribution >= 0.6 is 0 Å². The molecule has 0 aliphatic rings. The van der Waals surface area contributed by atoms with Crippen molar-refractivity contribution in [3.63, 3.8) is 0 Å². The van der Waals surface area contributed by atoms with Gasteiger partial charge in [-0.15, -0.1) is 0 Å². The van der Waals surface area contributed by atoms with Crippen molar-refractivity contribution in [3.05, 3.63) is 35.4 Å². The molecule has 0 fully saturated rings. The molecule has 1 atom stereocenters. The van der Waals surface area contributed by atoms with Crippen molar-refractivity contribution in [3.8, 4) is 0 Å². The summed E-state index contributed by atoms with van der Waals surface area (Å²) < 4.78 is 36.5. The molecule has 102 valence electrons. The van der Waals surface area contributed by atoms with E-state index >= 15 is 0 Å². The number of methoxy groups -OCH3 is 1. The second-order valence-electron chi connectivity index (χ2n) is 3.95. The highest BCUT2D eigenvalue weighted by Crippen LogP contribution is 2.17. The second-order valence-corrected chi connectivity index (χ2v) is 3.95. The van der Waals surface area contributed by atoms with E-state index in [-0.39, 0.29) is 6.04 Å². The van der Waals surface area contributed by atoms with E-state index in [2.05, 4.69) is 5.32 Å². The van der Waals surface area contributed by atoms with Crippen molar-refractivity contribution in [1.82, 2.24) is 5.32 Å². The fourth-order valence-corrected chi connectivity index (χ4v) is 1.55. The Morgan fingerprint density at radius 1 is 1.22 bits per heavy atom. The van der Waals surface area contributed by atoms with Gasteiger partial charge < -0.3 is 14.8 Å². The van der Waals surface area contributed by atoms with Crippen molar-refractivity contribution < 1.29 is 18.3 Å². The van der Waals surface area contributed by atoms with Gasteiger partial charge in [0.25, 0.3) is 0 Å². The Balaban J connectivity index is 2.31. The number of benzene rings is 1. The van der Waals surface area contributed by atoms with Crippen molar-refractivity contribution in [2.45, 2.75) is 13.0 Å².